The predicted molar refractivity (Wildman–Crippen MR) is 103 cm³/mol. The third kappa shape index (κ3) is 4.96. The monoisotopic (exact) mass is 380 g/mol. The van der Waals surface area contributed by atoms with Crippen LogP contribution < -0.4 is 9.62 Å². The number of benzene rings is 2. The Labute approximate surface area is 153 Å². The first-order chi connectivity index (χ1) is 11.7. The van der Waals surface area contributed by atoms with Crippen molar-refractivity contribution in [3.05, 3.63) is 59.1 Å². The van der Waals surface area contributed by atoms with Crippen LogP contribution in [0.4, 0.5) is 11.4 Å². The van der Waals surface area contributed by atoms with E-state index in [2.05, 4.69) is 5.32 Å². The molecule has 0 aromatic heterocycles. The zero-order valence-corrected chi connectivity index (χ0v) is 15.9. The van der Waals surface area contributed by atoms with Crippen molar-refractivity contribution in [1.29, 1.82) is 0 Å². The summed E-state index contributed by atoms with van der Waals surface area (Å²) in [6.45, 7) is 3.59. The van der Waals surface area contributed by atoms with Crippen LogP contribution in [0.1, 0.15) is 19.4 Å². The maximum atomic E-state index is 12.6. The van der Waals surface area contributed by atoms with Crippen molar-refractivity contribution in [2.24, 2.45) is 0 Å². The maximum absolute atomic E-state index is 12.6. The van der Waals surface area contributed by atoms with E-state index in [1.807, 2.05) is 19.1 Å². The molecule has 134 valence electrons. The Bertz CT molecular complexity index is 834. The number of nitrogens with zero attached hydrogens (tertiary/aromatic N) is 1. The molecular weight excluding hydrogens is 360 g/mol. The molecule has 7 heteroatoms. The van der Waals surface area contributed by atoms with Crippen LogP contribution in [-0.4, -0.2) is 26.6 Å². The molecule has 0 aliphatic rings. The van der Waals surface area contributed by atoms with Gasteiger partial charge < -0.3 is 5.32 Å². The second-order valence-electron chi connectivity index (χ2n) is 5.75. The number of amides is 1. The molecule has 5 nitrogen and oxygen atoms in total. The van der Waals surface area contributed by atoms with Gasteiger partial charge in [-0.2, -0.15) is 0 Å². The third-order valence-corrected chi connectivity index (χ3v) is 5.29. The van der Waals surface area contributed by atoms with E-state index < -0.39 is 22.0 Å². The Balaban J connectivity index is 2.24. The van der Waals surface area contributed by atoms with Crippen LogP contribution in [0.2, 0.25) is 5.02 Å². The zero-order chi connectivity index (χ0) is 18.6. The van der Waals surface area contributed by atoms with Gasteiger partial charge in [-0.3, -0.25) is 9.10 Å². The van der Waals surface area contributed by atoms with Gasteiger partial charge in [-0.15, -0.1) is 0 Å². The van der Waals surface area contributed by atoms with Crippen molar-refractivity contribution in [3.63, 3.8) is 0 Å². The van der Waals surface area contributed by atoms with Crippen LogP contribution >= 0.6 is 11.6 Å². The third-order valence-electron chi connectivity index (χ3n) is 3.80. The van der Waals surface area contributed by atoms with Crippen molar-refractivity contribution in [2.75, 3.05) is 15.9 Å². The van der Waals surface area contributed by atoms with E-state index in [0.717, 1.165) is 22.5 Å². The number of nitrogens with one attached hydrogen (secondary N) is 1. The number of carbonyl (C=O) groups excluding carboxylic acids is 1. The molecule has 2 aromatic rings. The first-order valence-corrected chi connectivity index (χ1v) is 10.1. The van der Waals surface area contributed by atoms with Crippen LogP contribution in [0, 0.1) is 0 Å². The molecule has 0 aliphatic carbocycles. The lowest BCUT2D eigenvalue weighted by Crippen LogP contribution is -2.45. The Morgan fingerprint density at radius 1 is 1.12 bits per heavy atom. The Morgan fingerprint density at radius 2 is 1.68 bits per heavy atom. The van der Waals surface area contributed by atoms with Gasteiger partial charge in [0, 0.05) is 10.7 Å². The first-order valence-electron chi connectivity index (χ1n) is 7.87. The van der Waals surface area contributed by atoms with Crippen LogP contribution in [0.25, 0.3) is 0 Å². The van der Waals surface area contributed by atoms with Gasteiger partial charge in [-0.1, -0.05) is 30.7 Å². The lowest BCUT2D eigenvalue weighted by molar-refractivity contribution is -0.116. The average molecular weight is 381 g/mol. The van der Waals surface area contributed by atoms with Crippen molar-refractivity contribution < 1.29 is 13.2 Å². The second kappa shape index (κ2) is 7.89. The van der Waals surface area contributed by atoms with Gasteiger partial charge in [0.2, 0.25) is 15.9 Å². The minimum absolute atomic E-state index is 0.385. The van der Waals surface area contributed by atoms with E-state index in [0.29, 0.717) is 16.4 Å². The van der Waals surface area contributed by atoms with Gasteiger partial charge >= 0.3 is 0 Å². The van der Waals surface area contributed by atoms with E-state index in [9.17, 15) is 13.2 Å². The topological polar surface area (TPSA) is 66.5 Å². The number of hydrogen-bond donors (Lipinski definition) is 1. The molecule has 0 aliphatic heterocycles. The molecule has 0 heterocycles. The summed E-state index contributed by atoms with van der Waals surface area (Å²) >= 11 is 5.86. The van der Waals surface area contributed by atoms with Crippen LogP contribution in [0.15, 0.2) is 48.5 Å². The number of anilines is 2. The summed E-state index contributed by atoms with van der Waals surface area (Å²) in [7, 11) is -3.65. The highest BCUT2D eigenvalue weighted by Crippen LogP contribution is 2.23. The van der Waals surface area contributed by atoms with Crippen molar-refractivity contribution in [1.82, 2.24) is 0 Å². The highest BCUT2D eigenvalue weighted by molar-refractivity contribution is 7.92. The van der Waals surface area contributed by atoms with Crippen LogP contribution in [-0.2, 0) is 21.2 Å². The highest BCUT2D eigenvalue weighted by Gasteiger charge is 2.29. The lowest BCUT2D eigenvalue weighted by Gasteiger charge is -2.28. The summed E-state index contributed by atoms with van der Waals surface area (Å²) in [4.78, 5) is 12.6. The van der Waals surface area contributed by atoms with E-state index in [1.165, 1.54) is 0 Å². The molecule has 0 saturated carbocycles. The van der Waals surface area contributed by atoms with E-state index >= 15 is 0 Å². The van der Waals surface area contributed by atoms with Gasteiger partial charge in [0.05, 0.1) is 11.9 Å². The molecule has 0 radical (unpaired) electrons. The van der Waals surface area contributed by atoms with E-state index in [4.69, 9.17) is 11.6 Å². The minimum atomic E-state index is -3.65. The SMILES string of the molecule is CCc1ccc(NC(=O)C(C)N(c2ccc(Cl)cc2)S(C)(=O)=O)cc1. The molecule has 2 aromatic carbocycles. The number of carbonyl (C=O) groups is 1. The minimum Gasteiger partial charge on any atom is -0.324 e. The zero-order valence-electron chi connectivity index (χ0n) is 14.4. The molecule has 1 unspecified atom stereocenters. The first kappa shape index (κ1) is 19.3. The standard InChI is InChI=1S/C18H21ClN2O3S/c1-4-14-5-9-16(10-6-14)20-18(22)13(2)21(25(3,23)24)17-11-7-15(19)8-12-17/h5-13H,4H2,1-3H3,(H,20,22). The normalized spacial score (nSPS) is 12.5. The molecule has 0 fully saturated rings. The quantitative estimate of drug-likeness (QED) is 0.830. The summed E-state index contributed by atoms with van der Waals surface area (Å²) in [5.41, 5.74) is 2.17. The molecule has 1 atom stereocenters. The summed E-state index contributed by atoms with van der Waals surface area (Å²) in [5.74, 6) is -0.412. The molecule has 1 amide bonds. The van der Waals surface area contributed by atoms with Crippen molar-refractivity contribution in [2.45, 2.75) is 26.3 Å². The number of aryl methyl sites for hydroxylation is 1. The molecule has 25 heavy (non-hydrogen) atoms. The molecule has 1 N–H and O–H groups in total. The smallest absolute Gasteiger partial charge is 0.247 e. The molecule has 0 bridgehead atoms. The summed E-state index contributed by atoms with van der Waals surface area (Å²) in [5, 5.41) is 3.25. The fourth-order valence-corrected chi connectivity index (χ4v) is 3.77. The second-order valence-corrected chi connectivity index (χ2v) is 8.05. The van der Waals surface area contributed by atoms with Crippen LogP contribution in [0.3, 0.4) is 0 Å². The summed E-state index contributed by atoms with van der Waals surface area (Å²) in [6.07, 6.45) is 1.98. The maximum Gasteiger partial charge on any atom is 0.247 e. The average Bonchev–Trinajstić information content (AvgIpc) is 2.56. The lowest BCUT2D eigenvalue weighted by atomic mass is 10.1. The van der Waals surface area contributed by atoms with Gasteiger partial charge in [0.1, 0.15) is 6.04 Å². The number of halogens is 1. The predicted octanol–water partition coefficient (Wildman–Crippen LogP) is 3.70. The number of hydrogen-bond acceptors (Lipinski definition) is 3. The molecule has 0 saturated heterocycles. The summed E-state index contributed by atoms with van der Waals surface area (Å²) in [6, 6.07) is 12.9. The van der Waals surface area contributed by atoms with Crippen molar-refractivity contribution >= 4 is 38.9 Å². The molecular formula is C18H21ClN2O3S. The summed E-state index contributed by atoms with van der Waals surface area (Å²) < 4.78 is 25.5. The van der Waals surface area contributed by atoms with Gasteiger partial charge in [0.15, 0.2) is 0 Å². The fraction of sp³-hybridized carbons (Fsp3) is 0.278. The van der Waals surface area contributed by atoms with Gasteiger partial charge in [-0.05, 0) is 55.3 Å². The van der Waals surface area contributed by atoms with Crippen molar-refractivity contribution in [3.8, 4) is 0 Å². The highest BCUT2D eigenvalue weighted by atomic mass is 35.5. The number of rotatable bonds is 6. The largest absolute Gasteiger partial charge is 0.324 e. The molecule has 0 spiro atoms. The van der Waals surface area contributed by atoms with E-state index in [1.54, 1.807) is 43.3 Å². The Kier molecular flexibility index (Phi) is 6.08. The number of sulfonamides is 1. The van der Waals surface area contributed by atoms with Crippen LogP contribution in [0.5, 0.6) is 0 Å². The van der Waals surface area contributed by atoms with Gasteiger partial charge in [0.25, 0.3) is 0 Å². The Hall–Kier alpha value is -2.05. The van der Waals surface area contributed by atoms with E-state index in [-0.39, 0.29) is 0 Å². The Morgan fingerprint density at radius 3 is 2.16 bits per heavy atom. The fourth-order valence-electron chi connectivity index (χ4n) is 2.47. The molecule has 2 rings (SSSR count). The van der Waals surface area contributed by atoms with Gasteiger partial charge in [-0.25, -0.2) is 8.42 Å².